The summed E-state index contributed by atoms with van der Waals surface area (Å²) in [5.41, 5.74) is 0.411. The molecule has 0 saturated heterocycles. The average molecular weight is 322 g/mol. The maximum Gasteiger partial charge on any atom is 0.261 e. The molecule has 0 heterocycles. The molecule has 104 valence electrons. The minimum absolute atomic E-state index is 0.0238. The number of hydrogen-bond acceptors (Lipinski definition) is 3. The average Bonchev–Trinajstić information content (AvgIpc) is 2.89. The van der Waals surface area contributed by atoms with Crippen molar-refractivity contribution < 1.29 is 13.2 Å². The van der Waals surface area contributed by atoms with Crippen LogP contribution in [0.25, 0.3) is 0 Å². The van der Waals surface area contributed by atoms with Crippen molar-refractivity contribution in [1.29, 1.82) is 0 Å². The van der Waals surface area contributed by atoms with Crippen molar-refractivity contribution in [3.05, 3.63) is 23.2 Å². The quantitative estimate of drug-likeness (QED) is 0.869. The summed E-state index contributed by atoms with van der Waals surface area (Å²) in [6.45, 7) is 4.03. The lowest BCUT2D eigenvalue weighted by molar-refractivity contribution is -0.118. The van der Waals surface area contributed by atoms with Crippen molar-refractivity contribution >= 4 is 42.9 Å². The molecule has 1 aliphatic carbocycles. The molecule has 1 unspecified atom stereocenters. The van der Waals surface area contributed by atoms with Gasteiger partial charge in [0.05, 0.1) is 15.6 Å². The number of halogens is 2. The first kappa shape index (κ1) is 14.6. The number of amides is 1. The van der Waals surface area contributed by atoms with Gasteiger partial charge in [-0.2, -0.15) is 0 Å². The lowest BCUT2D eigenvalue weighted by atomic mass is 10.1. The molecule has 1 aliphatic rings. The fourth-order valence-electron chi connectivity index (χ4n) is 1.88. The fraction of sp³-hybridized carbons (Fsp3) is 0.417. The number of hydrogen-bond donors (Lipinski definition) is 1. The van der Waals surface area contributed by atoms with E-state index in [0.29, 0.717) is 5.69 Å². The molecule has 1 fully saturated rings. The highest BCUT2D eigenvalue weighted by Gasteiger charge is 2.50. The van der Waals surface area contributed by atoms with Gasteiger partial charge < -0.3 is 5.32 Å². The molecular formula is C12H13Cl2NO3S. The van der Waals surface area contributed by atoms with E-state index in [0.717, 1.165) is 6.42 Å². The molecule has 0 spiro atoms. The highest BCUT2D eigenvalue weighted by molar-refractivity contribution is 8.13. The molecule has 1 amide bonds. The molecule has 0 aromatic heterocycles. The number of carbonyl (C=O) groups excluding carboxylic acids is 1. The Hall–Kier alpha value is -0.780. The zero-order valence-corrected chi connectivity index (χ0v) is 12.7. The maximum atomic E-state index is 11.9. The molecule has 2 rings (SSSR count). The standard InChI is InChI=1S/C12H13Cl2NO3S/c1-12(2)6-8(12)11(16)15-10-4-3-7(5-9(10)13)19(14,17)18/h3-5,8H,6H2,1-2H3,(H,15,16). The van der Waals surface area contributed by atoms with Gasteiger partial charge in [-0.15, -0.1) is 0 Å². The van der Waals surface area contributed by atoms with E-state index >= 15 is 0 Å². The van der Waals surface area contributed by atoms with Gasteiger partial charge in [0, 0.05) is 16.6 Å². The van der Waals surface area contributed by atoms with Gasteiger partial charge in [-0.3, -0.25) is 4.79 Å². The van der Waals surface area contributed by atoms with Gasteiger partial charge >= 0.3 is 0 Å². The molecule has 0 bridgehead atoms. The van der Waals surface area contributed by atoms with E-state index in [4.69, 9.17) is 22.3 Å². The summed E-state index contributed by atoms with van der Waals surface area (Å²) < 4.78 is 22.3. The van der Waals surface area contributed by atoms with Crippen LogP contribution in [0, 0.1) is 11.3 Å². The maximum absolute atomic E-state index is 11.9. The third kappa shape index (κ3) is 3.22. The largest absolute Gasteiger partial charge is 0.325 e. The van der Waals surface area contributed by atoms with Crippen LogP contribution in [0.1, 0.15) is 20.3 Å². The molecule has 1 N–H and O–H groups in total. The topological polar surface area (TPSA) is 63.2 Å². The van der Waals surface area contributed by atoms with Gasteiger partial charge in [0.2, 0.25) is 5.91 Å². The molecule has 19 heavy (non-hydrogen) atoms. The van der Waals surface area contributed by atoms with E-state index in [1.807, 2.05) is 13.8 Å². The van der Waals surface area contributed by atoms with Gasteiger partial charge in [-0.25, -0.2) is 8.42 Å². The fourth-order valence-corrected chi connectivity index (χ4v) is 2.95. The summed E-state index contributed by atoms with van der Waals surface area (Å²) in [6, 6.07) is 3.96. The van der Waals surface area contributed by atoms with E-state index in [9.17, 15) is 13.2 Å². The van der Waals surface area contributed by atoms with Gasteiger partial charge in [0.1, 0.15) is 0 Å². The third-order valence-electron chi connectivity index (χ3n) is 3.31. The summed E-state index contributed by atoms with van der Waals surface area (Å²) in [7, 11) is 1.39. The second-order valence-corrected chi connectivity index (χ2v) is 8.29. The number of rotatable bonds is 3. The first-order valence-electron chi connectivity index (χ1n) is 5.66. The number of anilines is 1. The Bertz CT molecular complexity index is 640. The predicted molar refractivity (Wildman–Crippen MR) is 75.0 cm³/mol. The Balaban J connectivity index is 2.17. The number of carbonyl (C=O) groups is 1. The SMILES string of the molecule is CC1(C)CC1C(=O)Nc1ccc(S(=O)(=O)Cl)cc1Cl. The van der Waals surface area contributed by atoms with Crippen LogP contribution in [0.2, 0.25) is 5.02 Å². The molecular weight excluding hydrogens is 309 g/mol. The van der Waals surface area contributed by atoms with Crippen LogP contribution in [-0.4, -0.2) is 14.3 Å². The predicted octanol–water partition coefficient (Wildman–Crippen LogP) is 3.25. The summed E-state index contributed by atoms with van der Waals surface area (Å²) in [5, 5.41) is 2.84. The molecule has 1 saturated carbocycles. The Labute approximate surface area is 121 Å². The molecule has 0 radical (unpaired) electrons. The number of nitrogens with one attached hydrogen (secondary N) is 1. The lowest BCUT2D eigenvalue weighted by Crippen LogP contribution is -2.16. The summed E-state index contributed by atoms with van der Waals surface area (Å²) in [4.78, 5) is 11.8. The highest BCUT2D eigenvalue weighted by atomic mass is 35.7. The van der Waals surface area contributed by atoms with Crippen molar-refractivity contribution in [2.24, 2.45) is 11.3 Å². The van der Waals surface area contributed by atoms with Crippen molar-refractivity contribution in [3.63, 3.8) is 0 Å². The Morgan fingerprint density at radius 1 is 1.42 bits per heavy atom. The van der Waals surface area contributed by atoms with Gasteiger partial charge in [-0.05, 0) is 30.0 Å². The van der Waals surface area contributed by atoms with Crippen LogP contribution < -0.4 is 5.32 Å². The molecule has 1 aromatic carbocycles. The second-order valence-electron chi connectivity index (χ2n) is 5.31. The highest BCUT2D eigenvalue weighted by Crippen LogP contribution is 2.52. The van der Waals surface area contributed by atoms with E-state index in [2.05, 4.69) is 5.32 Å². The third-order valence-corrected chi connectivity index (χ3v) is 4.97. The number of benzene rings is 1. The van der Waals surface area contributed by atoms with E-state index in [-0.39, 0.29) is 27.2 Å². The van der Waals surface area contributed by atoms with Crippen LogP contribution in [-0.2, 0) is 13.8 Å². The van der Waals surface area contributed by atoms with Crippen molar-refractivity contribution in [1.82, 2.24) is 0 Å². The second kappa shape index (κ2) is 4.65. The monoisotopic (exact) mass is 321 g/mol. The summed E-state index contributed by atoms with van der Waals surface area (Å²) >= 11 is 5.94. The first-order valence-corrected chi connectivity index (χ1v) is 8.35. The lowest BCUT2D eigenvalue weighted by Gasteiger charge is -2.09. The Morgan fingerprint density at radius 2 is 2.00 bits per heavy atom. The van der Waals surface area contributed by atoms with E-state index in [1.165, 1.54) is 18.2 Å². The zero-order valence-electron chi connectivity index (χ0n) is 10.4. The molecule has 1 aromatic rings. The normalized spacial score (nSPS) is 20.9. The van der Waals surface area contributed by atoms with Crippen LogP contribution in [0.15, 0.2) is 23.1 Å². The van der Waals surface area contributed by atoms with Crippen LogP contribution in [0.5, 0.6) is 0 Å². The smallest absolute Gasteiger partial charge is 0.261 e. The minimum Gasteiger partial charge on any atom is -0.325 e. The van der Waals surface area contributed by atoms with Crippen molar-refractivity contribution in [2.75, 3.05) is 5.32 Å². The minimum atomic E-state index is -3.82. The van der Waals surface area contributed by atoms with E-state index in [1.54, 1.807) is 0 Å². The summed E-state index contributed by atoms with van der Waals surface area (Å²) in [6.07, 6.45) is 0.838. The van der Waals surface area contributed by atoms with Crippen molar-refractivity contribution in [3.8, 4) is 0 Å². The Morgan fingerprint density at radius 3 is 2.42 bits per heavy atom. The van der Waals surface area contributed by atoms with Gasteiger partial charge in [0.25, 0.3) is 9.05 Å². The molecule has 0 aliphatic heterocycles. The molecule has 7 heteroatoms. The first-order chi connectivity index (χ1) is 8.61. The van der Waals surface area contributed by atoms with Crippen molar-refractivity contribution in [2.45, 2.75) is 25.2 Å². The van der Waals surface area contributed by atoms with E-state index < -0.39 is 9.05 Å². The van der Waals surface area contributed by atoms with Crippen LogP contribution in [0.3, 0.4) is 0 Å². The van der Waals surface area contributed by atoms with Gasteiger partial charge in [0.15, 0.2) is 0 Å². The van der Waals surface area contributed by atoms with Gasteiger partial charge in [-0.1, -0.05) is 25.4 Å². The zero-order chi connectivity index (χ0) is 14.4. The van der Waals surface area contributed by atoms with Crippen LogP contribution in [0.4, 0.5) is 5.69 Å². The molecule has 4 nitrogen and oxygen atoms in total. The van der Waals surface area contributed by atoms with Crippen LogP contribution >= 0.6 is 22.3 Å². The Kier molecular flexibility index (Phi) is 3.58. The molecule has 1 atom stereocenters. The summed E-state index contributed by atoms with van der Waals surface area (Å²) in [5.74, 6) is -0.131.